The summed E-state index contributed by atoms with van der Waals surface area (Å²) in [6, 6.07) is 19.0. The first-order valence-electron chi connectivity index (χ1n) is 11.3. The van der Waals surface area contributed by atoms with Crippen molar-refractivity contribution in [1.29, 1.82) is 0 Å². The number of benzene rings is 2. The second-order valence-corrected chi connectivity index (χ2v) is 9.74. The second kappa shape index (κ2) is 8.13. The monoisotopic (exact) mass is 454 g/mol. The third-order valence-corrected chi connectivity index (χ3v) is 6.28. The molecule has 0 amide bonds. The van der Waals surface area contributed by atoms with E-state index >= 15 is 0 Å². The summed E-state index contributed by atoms with van der Waals surface area (Å²) in [6.45, 7) is 8.48. The number of aromatic nitrogens is 1. The largest absolute Gasteiger partial charge is 0.422 e. The molecule has 1 aliphatic rings. The number of carbonyl (C=O) groups excluding carboxylic acids is 1. The fraction of sp³-hybridized carbons (Fsp3) is 0.250. The highest BCUT2D eigenvalue weighted by Gasteiger charge is 2.34. The molecule has 34 heavy (non-hydrogen) atoms. The van der Waals surface area contributed by atoms with Crippen molar-refractivity contribution in [2.75, 3.05) is 0 Å². The van der Waals surface area contributed by atoms with Gasteiger partial charge in [-0.1, -0.05) is 54.9 Å². The normalized spacial score (nSPS) is 15.9. The van der Waals surface area contributed by atoms with E-state index in [0.717, 1.165) is 29.1 Å². The van der Waals surface area contributed by atoms with Gasteiger partial charge in [-0.25, -0.2) is 9.59 Å². The molecule has 0 aliphatic heterocycles. The minimum Gasteiger partial charge on any atom is -0.422 e. The van der Waals surface area contributed by atoms with Crippen molar-refractivity contribution in [3.63, 3.8) is 0 Å². The molecule has 2 aromatic carbocycles. The molecule has 4 aromatic rings. The molecule has 0 unspecified atom stereocenters. The number of hydrogen-bond acceptors (Lipinski definition) is 5. The van der Waals surface area contributed by atoms with Gasteiger partial charge in [0.25, 0.3) is 0 Å². The summed E-state index contributed by atoms with van der Waals surface area (Å²) < 4.78 is 7.50. The van der Waals surface area contributed by atoms with E-state index in [0.29, 0.717) is 23.1 Å². The minimum atomic E-state index is -0.827. The van der Waals surface area contributed by atoms with Crippen molar-refractivity contribution in [3.05, 3.63) is 99.2 Å². The van der Waals surface area contributed by atoms with E-state index in [-0.39, 0.29) is 11.0 Å². The molecule has 0 bridgehead atoms. The Morgan fingerprint density at radius 2 is 1.76 bits per heavy atom. The molecule has 2 heterocycles. The molecule has 0 N–H and O–H groups in total. The van der Waals surface area contributed by atoms with E-state index in [9.17, 15) is 9.59 Å². The van der Waals surface area contributed by atoms with Crippen LogP contribution >= 0.6 is 0 Å². The zero-order valence-corrected chi connectivity index (χ0v) is 19.7. The van der Waals surface area contributed by atoms with E-state index < -0.39 is 11.6 Å². The lowest BCUT2D eigenvalue weighted by Gasteiger charge is -2.31. The zero-order valence-electron chi connectivity index (χ0n) is 19.7. The molecule has 6 heteroatoms. The van der Waals surface area contributed by atoms with Gasteiger partial charge in [0.15, 0.2) is 0 Å². The van der Waals surface area contributed by atoms with Crippen LogP contribution in [0.15, 0.2) is 75.0 Å². The highest BCUT2D eigenvalue weighted by Crippen LogP contribution is 2.38. The summed E-state index contributed by atoms with van der Waals surface area (Å²) in [4.78, 5) is 30.4. The van der Waals surface area contributed by atoms with Crippen LogP contribution in [0, 0.1) is 19.3 Å². The number of carbonyl (C=O) groups is 1. The molecular formula is C28H26N2O4. The molecule has 6 nitrogen and oxygen atoms in total. The van der Waals surface area contributed by atoms with Crippen LogP contribution in [0.2, 0.25) is 0 Å². The van der Waals surface area contributed by atoms with Crippen molar-refractivity contribution >= 4 is 22.7 Å². The average Bonchev–Trinajstić information content (AvgIpc) is 3.12. The molecular weight excluding hydrogens is 428 g/mol. The quantitative estimate of drug-likeness (QED) is 0.225. The summed E-state index contributed by atoms with van der Waals surface area (Å²) in [5, 5.41) is 4.90. The van der Waals surface area contributed by atoms with E-state index in [2.05, 4.69) is 67.7 Å². The maximum atomic E-state index is 12.8. The van der Waals surface area contributed by atoms with Crippen LogP contribution in [0.25, 0.3) is 16.7 Å². The third kappa shape index (κ3) is 3.96. The molecule has 0 radical (unpaired) electrons. The van der Waals surface area contributed by atoms with Gasteiger partial charge >= 0.3 is 11.6 Å². The van der Waals surface area contributed by atoms with E-state index in [1.165, 1.54) is 11.6 Å². The number of rotatable bonds is 3. The zero-order chi connectivity index (χ0) is 24.0. The highest BCUT2D eigenvalue weighted by molar-refractivity contribution is 6.04. The van der Waals surface area contributed by atoms with E-state index in [4.69, 9.17) is 9.25 Å². The van der Waals surface area contributed by atoms with Crippen LogP contribution in [-0.4, -0.2) is 16.2 Å². The van der Waals surface area contributed by atoms with Crippen LogP contribution in [0.5, 0.6) is 0 Å². The summed E-state index contributed by atoms with van der Waals surface area (Å²) in [6.07, 6.45) is 1.52. The van der Waals surface area contributed by atoms with Gasteiger partial charge in [-0.05, 0) is 62.4 Å². The number of oxime groups is 1. The van der Waals surface area contributed by atoms with Crippen molar-refractivity contribution < 1.29 is 14.0 Å². The molecule has 1 aliphatic carbocycles. The highest BCUT2D eigenvalue weighted by atomic mass is 16.7. The maximum Gasteiger partial charge on any atom is 0.373 e. The lowest BCUT2D eigenvalue weighted by molar-refractivity contribution is 0.0509. The third-order valence-electron chi connectivity index (χ3n) is 6.28. The molecule has 0 saturated carbocycles. The molecule has 0 spiro atoms. The van der Waals surface area contributed by atoms with Crippen LogP contribution in [0.3, 0.4) is 0 Å². The summed E-state index contributed by atoms with van der Waals surface area (Å²) in [5.74, 6) is -0.827. The topological polar surface area (TPSA) is 73.8 Å². The van der Waals surface area contributed by atoms with Crippen LogP contribution in [-0.2, 0) is 11.3 Å². The van der Waals surface area contributed by atoms with Crippen LogP contribution in [0.4, 0.5) is 0 Å². The SMILES string of the molecule is Cc1ccc(-n2c(C)cc3c2CC(C)(C)C/C3=N\OC(=O)c2cc3ccccc3oc2=O)cc1. The first kappa shape index (κ1) is 21.9. The summed E-state index contributed by atoms with van der Waals surface area (Å²) >= 11 is 0. The van der Waals surface area contributed by atoms with Crippen molar-refractivity contribution in [1.82, 2.24) is 4.57 Å². The number of hydrogen-bond donors (Lipinski definition) is 0. The van der Waals surface area contributed by atoms with Crippen molar-refractivity contribution in [3.8, 4) is 5.69 Å². The Morgan fingerprint density at radius 1 is 1.03 bits per heavy atom. The van der Waals surface area contributed by atoms with Gasteiger partial charge in [-0.15, -0.1) is 0 Å². The Morgan fingerprint density at radius 3 is 2.53 bits per heavy atom. The Hall–Kier alpha value is -3.93. The van der Waals surface area contributed by atoms with Gasteiger partial charge in [0.1, 0.15) is 11.1 Å². The number of nitrogens with zero attached hydrogens (tertiary/aromatic N) is 2. The average molecular weight is 455 g/mol. The van der Waals surface area contributed by atoms with Gasteiger partial charge < -0.3 is 13.8 Å². The van der Waals surface area contributed by atoms with Gasteiger partial charge in [0, 0.05) is 28.0 Å². The van der Waals surface area contributed by atoms with Gasteiger partial charge in [0.05, 0.1) is 5.71 Å². The predicted octanol–water partition coefficient (Wildman–Crippen LogP) is 5.73. The smallest absolute Gasteiger partial charge is 0.373 e. The Bertz CT molecular complexity index is 1500. The second-order valence-electron chi connectivity index (χ2n) is 9.74. The number of para-hydroxylation sites is 1. The predicted molar refractivity (Wildman–Crippen MR) is 132 cm³/mol. The molecule has 5 rings (SSSR count). The molecule has 0 saturated heterocycles. The summed E-state index contributed by atoms with van der Waals surface area (Å²) in [7, 11) is 0. The van der Waals surface area contributed by atoms with Crippen molar-refractivity contribution in [2.45, 2.75) is 40.5 Å². The fourth-order valence-electron chi connectivity index (χ4n) is 4.66. The van der Waals surface area contributed by atoms with E-state index in [1.807, 2.05) is 6.07 Å². The Labute approximate surface area is 197 Å². The van der Waals surface area contributed by atoms with Gasteiger partial charge in [-0.3, -0.25) is 0 Å². The van der Waals surface area contributed by atoms with Crippen LogP contribution < -0.4 is 5.63 Å². The van der Waals surface area contributed by atoms with Gasteiger partial charge in [0.2, 0.25) is 0 Å². The molecule has 0 atom stereocenters. The van der Waals surface area contributed by atoms with Crippen molar-refractivity contribution in [2.24, 2.45) is 10.6 Å². The maximum absolute atomic E-state index is 12.8. The molecule has 172 valence electrons. The number of aryl methyl sites for hydroxylation is 2. The lowest BCUT2D eigenvalue weighted by atomic mass is 9.76. The van der Waals surface area contributed by atoms with Crippen LogP contribution in [0.1, 0.15) is 53.1 Å². The molecule has 2 aromatic heterocycles. The van der Waals surface area contributed by atoms with Gasteiger partial charge in [-0.2, -0.15) is 0 Å². The first-order chi connectivity index (χ1) is 16.2. The minimum absolute atomic E-state index is 0.0759. The molecule has 0 fully saturated rings. The fourth-order valence-corrected chi connectivity index (χ4v) is 4.66. The number of fused-ring (bicyclic) bond motifs is 2. The first-order valence-corrected chi connectivity index (χ1v) is 11.3. The lowest BCUT2D eigenvalue weighted by Crippen LogP contribution is -2.29. The Kier molecular flexibility index (Phi) is 5.24. The van der Waals surface area contributed by atoms with E-state index in [1.54, 1.807) is 18.2 Å². The standard InChI is InChI=1S/C28H26N2O4/c1-17-9-11-20(12-10-17)30-18(2)13-21-23(15-28(3,4)16-24(21)30)29-34-27(32)22-14-19-7-5-6-8-25(19)33-26(22)31/h5-14H,15-16H2,1-4H3/b29-23+. The Balaban J connectivity index is 1.52. The summed E-state index contributed by atoms with van der Waals surface area (Å²) in [5.41, 5.74) is 5.60.